The van der Waals surface area contributed by atoms with Crippen LogP contribution < -0.4 is 5.32 Å². The Bertz CT molecular complexity index is 328. The first-order chi connectivity index (χ1) is 7.24. The number of thiophene rings is 1. The Kier molecular flexibility index (Phi) is 3.83. The Morgan fingerprint density at radius 3 is 2.93 bits per heavy atom. The Hall–Kier alpha value is 0.1000. The minimum atomic E-state index is 0.358. The number of hydrogen-bond acceptors (Lipinski definition) is 3. The van der Waals surface area contributed by atoms with Gasteiger partial charge in [0.05, 0.1) is 6.10 Å². The smallest absolute Gasteiger partial charge is 0.0594 e. The predicted octanol–water partition coefficient (Wildman–Crippen LogP) is 3.20. The van der Waals surface area contributed by atoms with Crippen molar-refractivity contribution in [2.45, 2.75) is 25.5 Å². The van der Waals surface area contributed by atoms with Gasteiger partial charge in [0.2, 0.25) is 0 Å². The van der Waals surface area contributed by atoms with Gasteiger partial charge in [-0.25, -0.2) is 0 Å². The highest BCUT2D eigenvalue weighted by Gasteiger charge is 2.33. The third-order valence-electron chi connectivity index (χ3n) is 3.10. The van der Waals surface area contributed by atoms with E-state index < -0.39 is 0 Å². The summed E-state index contributed by atoms with van der Waals surface area (Å²) in [6.07, 6.45) is 1.51. The highest BCUT2D eigenvalue weighted by molar-refractivity contribution is 9.10. The quantitative estimate of drug-likeness (QED) is 0.923. The molecule has 0 aromatic carbocycles. The van der Waals surface area contributed by atoms with Gasteiger partial charge in [-0.3, -0.25) is 0 Å². The second-order valence-corrected chi connectivity index (χ2v) is 5.73. The molecule has 1 fully saturated rings. The van der Waals surface area contributed by atoms with E-state index in [1.165, 1.54) is 9.35 Å². The van der Waals surface area contributed by atoms with Crippen LogP contribution in [0.1, 0.15) is 24.3 Å². The summed E-state index contributed by atoms with van der Waals surface area (Å²) in [6, 6.07) is 2.53. The largest absolute Gasteiger partial charge is 0.378 e. The van der Waals surface area contributed by atoms with Crippen LogP contribution in [-0.4, -0.2) is 19.8 Å². The molecule has 1 aromatic heterocycles. The van der Waals surface area contributed by atoms with Crippen molar-refractivity contribution in [3.05, 3.63) is 20.8 Å². The van der Waals surface area contributed by atoms with Crippen molar-refractivity contribution in [3.8, 4) is 0 Å². The average molecular weight is 290 g/mol. The normalized spacial score (nSPS) is 28.2. The maximum Gasteiger partial charge on any atom is 0.0594 e. The fourth-order valence-corrected chi connectivity index (χ4v) is 4.06. The standard InChI is InChI=1S/C11H16BrNOS/c1-7-8(3-5-14-7)10(13-2)11-9(12)4-6-15-11/h4,6-8,10,13H,3,5H2,1-2H3. The number of nitrogens with one attached hydrogen (secondary N) is 1. The molecule has 1 aromatic rings. The average Bonchev–Trinajstić information content (AvgIpc) is 2.80. The van der Waals surface area contributed by atoms with Gasteiger partial charge in [0.1, 0.15) is 0 Å². The molecule has 3 unspecified atom stereocenters. The summed E-state index contributed by atoms with van der Waals surface area (Å²) in [7, 11) is 2.03. The highest BCUT2D eigenvalue weighted by atomic mass is 79.9. The van der Waals surface area contributed by atoms with Crippen LogP contribution in [0, 0.1) is 5.92 Å². The summed E-state index contributed by atoms with van der Waals surface area (Å²) < 4.78 is 6.85. The third kappa shape index (κ3) is 2.28. The first-order valence-electron chi connectivity index (χ1n) is 5.25. The molecule has 4 heteroatoms. The summed E-state index contributed by atoms with van der Waals surface area (Å²) >= 11 is 5.41. The van der Waals surface area contributed by atoms with E-state index in [0.29, 0.717) is 18.1 Å². The van der Waals surface area contributed by atoms with Crippen LogP contribution in [0.5, 0.6) is 0 Å². The van der Waals surface area contributed by atoms with E-state index in [0.717, 1.165) is 13.0 Å². The zero-order valence-corrected chi connectivity index (χ0v) is 11.4. The molecule has 0 aliphatic carbocycles. The Morgan fingerprint density at radius 1 is 1.67 bits per heavy atom. The SMILES string of the molecule is CNC(c1sccc1Br)C1CCOC1C. The molecule has 0 radical (unpaired) electrons. The summed E-state index contributed by atoms with van der Waals surface area (Å²) in [4.78, 5) is 1.39. The molecule has 15 heavy (non-hydrogen) atoms. The molecule has 2 heterocycles. The molecule has 1 aliphatic rings. The zero-order valence-electron chi connectivity index (χ0n) is 9.00. The second-order valence-electron chi connectivity index (χ2n) is 3.93. The highest BCUT2D eigenvalue weighted by Crippen LogP contribution is 2.38. The van der Waals surface area contributed by atoms with Crippen molar-refractivity contribution < 1.29 is 4.74 Å². The first-order valence-corrected chi connectivity index (χ1v) is 6.93. The Morgan fingerprint density at radius 2 is 2.47 bits per heavy atom. The lowest BCUT2D eigenvalue weighted by molar-refractivity contribution is 0.0966. The van der Waals surface area contributed by atoms with Crippen molar-refractivity contribution >= 4 is 27.3 Å². The molecule has 2 rings (SSSR count). The van der Waals surface area contributed by atoms with E-state index in [4.69, 9.17) is 4.74 Å². The Labute approximate surface area is 103 Å². The first kappa shape index (κ1) is 11.6. The van der Waals surface area contributed by atoms with E-state index in [9.17, 15) is 0 Å². The van der Waals surface area contributed by atoms with Crippen molar-refractivity contribution in [3.63, 3.8) is 0 Å². The van der Waals surface area contributed by atoms with Crippen LogP contribution in [-0.2, 0) is 4.74 Å². The molecule has 1 aliphatic heterocycles. The van der Waals surface area contributed by atoms with Gasteiger partial charge in [0, 0.05) is 27.9 Å². The van der Waals surface area contributed by atoms with Crippen LogP contribution in [0.4, 0.5) is 0 Å². The minimum absolute atomic E-state index is 0.358. The van der Waals surface area contributed by atoms with Gasteiger partial charge in [-0.05, 0) is 47.8 Å². The third-order valence-corrected chi connectivity index (χ3v) is 5.06. The van der Waals surface area contributed by atoms with Crippen LogP contribution in [0.15, 0.2) is 15.9 Å². The molecule has 1 N–H and O–H groups in total. The van der Waals surface area contributed by atoms with Gasteiger partial charge >= 0.3 is 0 Å². The molecular weight excluding hydrogens is 274 g/mol. The molecule has 3 atom stereocenters. The fraction of sp³-hybridized carbons (Fsp3) is 0.636. The molecule has 84 valence electrons. The monoisotopic (exact) mass is 289 g/mol. The van der Waals surface area contributed by atoms with Crippen LogP contribution in [0.25, 0.3) is 0 Å². The number of rotatable bonds is 3. The summed E-state index contributed by atoms with van der Waals surface area (Å²) in [5.74, 6) is 0.588. The number of halogens is 1. The van der Waals surface area contributed by atoms with Gasteiger partial charge in [-0.2, -0.15) is 0 Å². The minimum Gasteiger partial charge on any atom is -0.378 e. The second kappa shape index (κ2) is 4.95. The fourth-order valence-electron chi connectivity index (χ4n) is 2.25. The summed E-state index contributed by atoms with van der Waals surface area (Å²) in [6.45, 7) is 3.07. The predicted molar refractivity (Wildman–Crippen MR) is 67.3 cm³/mol. The molecule has 1 saturated heterocycles. The Balaban J connectivity index is 2.20. The molecular formula is C11H16BrNOS. The molecule has 2 nitrogen and oxygen atoms in total. The number of hydrogen-bond donors (Lipinski definition) is 1. The van der Waals surface area contributed by atoms with Crippen LogP contribution >= 0.6 is 27.3 Å². The van der Waals surface area contributed by atoms with Crippen LogP contribution in [0.2, 0.25) is 0 Å². The number of ether oxygens (including phenoxy) is 1. The van der Waals surface area contributed by atoms with E-state index in [1.54, 1.807) is 11.3 Å². The molecule has 0 saturated carbocycles. The summed E-state index contributed by atoms with van der Waals surface area (Å²) in [5, 5.41) is 5.55. The van der Waals surface area contributed by atoms with Crippen LogP contribution in [0.3, 0.4) is 0 Å². The van der Waals surface area contributed by atoms with Crippen molar-refractivity contribution in [2.75, 3.05) is 13.7 Å². The maximum absolute atomic E-state index is 5.64. The van der Waals surface area contributed by atoms with Gasteiger partial charge < -0.3 is 10.1 Å². The lowest BCUT2D eigenvalue weighted by atomic mass is 9.92. The molecule has 0 amide bonds. The van der Waals surface area contributed by atoms with Crippen molar-refractivity contribution in [1.82, 2.24) is 5.32 Å². The lowest BCUT2D eigenvalue weighted by Gasteiger charge is -2.24. The van der Waals surface area contributed by atoms with Gasteiger partial charge in [-0.1, -0.05) is 0 Å². The van der Waals surface area contributed by atoms with Gasteiger partial charge in [-0.15, -0.1) is 11.3 Å². The van der Waals surface area contributed by atoms with Crippen molar-refractivity contribution in [1.29, 1.82) is 0 Å². The zero-order chi connectivity index (χ0) is 10.8. The topological polar surface area (TPSA) is 21.3 Å². The van der Waals surface area contributed by atoms with E-state index in [1.807, 2.05) is 7.05 Å². The maximum atomic E-state index is 5.64. The molecule has 0 spiro atoms. The summed E-state index contributed by atoms with van der Waals surface area (Å²) in [5.41, 5.74) is 0. The van der Waals surface area contributed by atoms with E-state index in [2.05, 4.69) is 39.6 Å². The van der Waals surface area contributed by atoms with Crippen molar-refractivity contribution in [2.24, 2.45) is 5.92 Å². The van der Waals surface area contributed by atoms with E-state index >= 15 is 0 Å². The lowest BCUT2D eigenvalue weighted by Crippen LogP contribution is -2.29. The van der Waals surface area contributed by atoms with E-state index in [-0.39, 0.29) is 0 Å². The molecule has 0 bridgehead atoms. The van der Waals surface area contributed by atoms with Gasteiger partial charge in [0.25, 0.3) is 0 Å². The van der Waals surface area contributed by atoms with Gasteiger partial charge in [0.15, 0.2) is 0 Å².